The van der Waals surface area contributed by atoms with Gasteiger partial charge in [-0.2, -0.15) is 10.5 Å². The number of carboxylic acids is 2. The third kappa shape index (κ3) is 59.4. The van der Waals surface area contributed by atoms with Crippen LogP contribution >= 0.6 is 0 Å². The zero-order chi connectivity index (χ0) is 13.4. The number of carboxylic acid groups (broad SMARTS) is 2. The highest BCUT2D eigenvalue weighted by Gasteiger charge is 2.00. The summed E-state index contributed by atoms with van der Waals surface area (Å²) in [5.41, 5.74) is 9.33. The summed E-state index contributed by atoms with van der Waals surface area (Å²) in [6, 6.07) is 3.42. The van der Waals surface area contributed by atoms with E-state index in [1.54, 1.807) is 12.1 Å². The summed E-state index contributed by atoms with van der Waals surface area (Å²) in [4.78, 5) is 19.3. The third-order valence-electron chi connectivity index (χ3n) is 0.735. The van der Waals surface area contributed by atoms with E-state index in [9.17, 15) is 9.59 Å². The first kappa shape index (κ1) is 19.4. The summed E-state index contributed by atoms with van der Waals surface area (Å²) in [6.45, 7) is 0.250. The largest absolute Gasteiger partial charge is 0.481 e. The van der Waals surface area contributed by atoms with E-state index in [0.29, 0.717) is 0 Å². The molecular weight excluding hydrogens is 216 g/mol. The first-order chi connectivity index (χ1) is 7.45. The Bertz CT molecular complexity index is 238. The van der Waals surface area contributed by atoms with E-state index < -0.39 is 11.9 Å². The predicted molar refractivity (Wildman–Crippen MR) is 53.8 cm³/mol. The number of aliphatic carboxylic acids is 2. The highest BCUT2D eigenvalue weighted by molar-refractivity contribution is 5.75. The smallest absolute Gasteiger partial charge is 0.303 e. The molecule has 0 radical (unpaired) electrons. The van der Waals surface area contributed by atoms with Crippen LogP contribution in [-0.2, 0) is 9.59 Å². The van der Waals surface area contributed by atoms with Gasteiger partial charge in [0.25, 0.3) is 0 Å². The Labute approximate surface area is 92.7 Å². The first-order valence-corrected chi connectivity index (χ1v) is 4.03. The molecule has 0 saturated heterocycles. The summed E-state index contributed by atoms with van der Waals surface area (Å²) in [5.74, 6) is -2.15. The van der Waals surface area contributed by atoms with Crippen molar-refractivity contribution in [1.29, 1.82) is 10.5 Å². The second kappa shape index (κ2) is 18.6. The van der Waals surface area contributed by atoms with Crippen LogP contribution in [-0.4, -0.2) is 35.2 Å². The van der Waals surface area contributed by atoms with Gasteiger partial charge in [0.2, 0.25) is 0 Å². The van der Waals surface area contributed by atoms with Crippen molar-refractivity contribution < 1.29 is 19.8 Å². The molecule has 8 nitrogen and oxygen atoms in total. The molecule has 8 heteroatoms. The van der Waals surface area contributed by atoms with Crippen molar-refractivity contribution in [2.24, 2.45) is 11.5 Å². The Balaban J connectivity index is -0.000000179. The van der Waals surface area contributed by atoms with Crippen molar-refractivity contribution in [3.63, 3.8) is 0 Å². The van der Waals surface area contributed by atoms with E-state index in [1.807, 2.05) is 0 Å². The average Bonchev–Trinajstić information content (AvgIpc) is 2.27. The Kier molecular flexibility index (Phi) is 22.6. The Morgan fingerprint density at radius 2 is 1.12 bits per heavy atom. The van der Waals surface area contributed by atoms with Crippen LogP contribution in [0, 0.1) is 22.7 Å². The number of rotatable bonds is 3. The van der Waals surface area contributed by atoms with Gasteiger partial charge < -0.3 is 21.7 Å². The fourth-order valence-electron chi connectivity index (χ4n) is 0.214. The second-order valence-corrected chi connectivity index (χ2v) is 2.01. The molecule has 16 heavy (non-hydrogen) atoms. The van der Waals surface area contributed by atoms with Gasteiger partial charge in [0.15, 0.2) is 0 Å². The molecule has 0 aliphatic rings. The molecular formula is C8H14N4O4. The maximum Gasteiger partial charge on any atom is 0.303 e. The maximum absolute atomic E-state index is 9.64. The Morgan fingerprint density at radius 3 is 1.19 bits per heavy atom. The summed E-state index contributed by atoms with van der Waals surface area (Å²) < 4.78 is 0. The lowest BCUT2D eigenvalue weighted by Gasteiger charge is -1.85. The first-order valence-electron chi connectivity index (χ1n) is 4.03. The molecule has 0 amide bonds. The molecule has 0 aromatic heterocycles. The van der Waals surface area contributed by atoms with Crippen molar-refractivity contribution in [3.8, 4) is 12.1 Å². The van der Waals surface area contributed by atoms with Crippen molar-refractivity contribution in [1.82, 2.24) is 0 Å². The number of hydrogen-bond donors (Lipinski definition) is 4. The van der Waals surface area contributed by atoms with Gasteiger partial charge in [-0.3, -0.25) is 9.59 Å². The van der Waals surface area contributed by atoms with Crippen LogP contribution in [0.4, 0.5) is 0 Å². The van der Waals surface area contributed by atoms with Gasteiger partial charge in [0.1, 0.15) is 0 Å². The standard InChI is InChI=1S/C4H6O4.2C2H4N2/c5-3(6)1-2-4(7)8;2*3-1-2-4/h1-2H2,(H,5,6)(H,7,8);2*1,3H2. The zero-order valence-electron chi connectivity index (χ0n) is 8.59. The summed E-state index contributed by atoms with van der Waals surface area (Å²) in [6.07, 6.45) is -0.593. The van der Waals surface area contributed by atoms with Crippen LogP contribution in [0.2, 0.25) is 0 Å². The highest BCUT2D eigenvalue weighted by Crippen LogP contribution is 1.86. The fraction of sp³-hybridized carbons (Fsp3) is 0.500. The topological polar surface area (TPSA) is 174 Å². The lowest BCUT2D eigenvalue weighted by atomic mass is 10.3. The SMILES string of the molecule is N#CCN.N#CCN.O=C(O)CCC(=O)O. The van der Waals surface area contributed by atoms with Crippen LogP contribution < -0.4 is 11.5 Å². The van der Waals surface area contributed by atoms with E-state index in [1.165, 1.54) is 0 Å². The van der Waals surface area contributed by atoms with Crippen LogP contribution in [0.5, 0.6) is 0 Å². The van der Waals surface area contributed by atoms with E-state index in [-0.39, 0.29) is 25.9 Å². The summed E-state index contributed by atoms with van der Waals surface area (Å²) in [7, 11) is 0. The molecule has 0 saturated carbocycles. The summed E-state index contributed by atoms with van der Waals surface area (Å²) in [5, 5.41) is 30.8. The van der Waals surface area contributed by atoms with Gasteiger partial charge in [0.05, 0.1) is 38.1 Å². The minimum atomic E-state index is -1.08. The molecule has 0 unspecified atom stereocenters. The molecule has 0 heterocycles. The molecule has 0 aliphatic carbocycles. The van der Waals surface area contributed by atoms with Gasteiger partial charge in [0, 0.05) is 0 Å². The van der Waals surface area contributed by atoms with Crippen molar-refractivity contribution in [2.45, 2.75) is 12.8 Å². The number of nitrogens with zero attached hydrogens (tertiary/aromatic N) is 2. The molecule has 90 valence electrons. The van der Waals surface area contributed by atoms with Gasteiger partial charge in [-0.05, 0) is 0 Å². The molecule has 6 N–H and O–H groups in total. The monoisotopic (exact) mass is 230 g/mol. The fourth-order valence-corrected chi connectivity index (χ4v) is 0.214. The molecule has 0 spiro atoms. The van der Waals surface area contributed by atoms with Crippen LogP contribution in [0.3, 0.4) is 0 Å². The molecule has 0 bridgehead atoms. The third-order valence-corrected chi connectivity index (χ3v) is 0.735. The zero-order valence-corrected chi connectivity index (χ0v) is 8.59. The summed E-state index contributed by atoms with van der Waals surface area (Å²) >= 11 is 0. The average molecular weight is 230 g/mol. The Morgan fingerprint density at radius 1 is 0.938 bits per heavy atom. The lowest BCUT2D eigenvalue weighted by molar-refractivity contribution is -0.143. The number of nitrogens with two attached hydrogens (primary N) is 2. The normalized spacial score (nSPS) is 6.75. The minimum Gasteiger partial charge on any atom is -0.481 e. The van der Waals surface area contributed by atoms with Crippen molar-refractivity contribution in [3.05, 3.63) is 0 Å². The molecule has 0 atom stereocenters. The van der Waals surface area contributed by atoms with E-state index in [0.717, 1.165) is 0 Å². The molecule has 0 aromatic rings. The quantitative estimate of drug-likeness (QED) is 0.440. The number of carbonyl (C=O) groups is 2. The Hall–Kier alpha value is -2.16. The molecule has 0 rings (SSSR count). The minimum absolute atomic E-state index is 0.125. The van der Waals surface area contributed by atoms with Crippen molar-refractivity contribution >= 4 is 11.9 Å². The van der Waals surface area contributed by atoms with Gasteiger partial charge in [-0.15, -0.1) is 0 Å². The van der Waals surface area contributed by atoms with Crippen LogP contribution in [0.25, 0.3) is 0 Å². The van der Waals surface area contributed by atoms with E-state index in [2.05, 4.69) is 11.5 Å². The second-order valence-electron chi connectivity index (χ2n) is 2.01. The van der Waals surface area contributed by atoms with E-state index in [4.69, 9.17) is 20.7 Å². The number of nitriles is 2. The van der Waals surface area contributed by atoms with E-state index >= 15 is 0 Å². The molecule has 0 aliphatic heterocycles. The lowest BCUT2D eigenvalue weighted by Crippen LogP contribution is -2.00. The van der Waals surface area contributed by atoms with Crippen molar-refractivity contribution in [2.75, 3.05) is 13.1 Å². The molecule has 0 aromatic carbocycles. The highest BCUT2D eigenvalue weighted by atomic mass is 16.4. The molecule has 0 fully saturated rings. The van der Waals surface area contributed by atoms with Crippen LogP contribution in [0.15, 0.2) is 0 Å². The van der Waals surface area contributed by atoms with Gasteiger partial charge in [-0.1, -0.05) is 0 Å². The van der Waals surface area contributed by atoms with Gasteiger partial charge in [-0.25, -0.2) is 0 Å². The van der Waals surface area contributed by atoms with Crippen LogP contribution in [0.1, 0.15) is 12.8 Å². The predicted octanol–water partition coefficient (Wildman–Crippen LogP) is -1.13. The number of hydrogen-bond acceptors (Lipinski definition) is 6. The maximum atomic E-state index is 9.64. The van der Waals surface area contributed by atoms with Gasteiger partial charge >= 0.3 is 11.9 Å².